The summed E-state index contributed by atoms with van der Waals surface area (Å²) >= 11 is 8.07. The van der Waals surface area contributed by atoms with Crippen molar-refractivity contribution in [3.05, 3.63) is 165 Å². The van der Waals surface area contributed by atoms with E-state index in [2.05, 4.69) is 89.6 Å². The molecule has 10 heterocycles. The molecule has 9 aromatic rings. The Morgan fingerprint density at radius 2 is 1.23 bits per heavy atom. The first-order chi connectivity index (χ1) is 35.1. The van der Waals surface area contributed by atoms with Gasteiger partial charge >= 0.3 is 5.97 Å². The first-order valence-corrected chi connectivity index (χ1v) is 27.1. The van der Waals surface area contributed by atoms with Gasteiger partial charge in [0.05, 0.1) is 102 Å². The lowest BCUT2D eigenvalue weighted by Gasteiger charge is -2.14. The SMILES string of the molecule is CC(C)c1sccc1N.CC(C)c1sccc1NCc1cnc[nH]1.CC(C)c1sccc1[N+](=O)[O-].Cl.Cl.O=C(O)Cc1sccc1NCc1cnc[nH]1.O=C1Cc2sccc2N1Cc1cnc[nH]1.O=Cc1cnc[nH]1. The molecular formula is C49H61Cl2N13O6S5. The molecule has 0 saturated carbocycles. The number of anilines is 4. The van der Waals surface area contributed by atoms with Crippen molar-refractivity contribution in [1.29, 1.82) is 0 Å². The number of H-pyrrole nitrogens is 4. The van der Waals surface area contributed by atoms with Gasteiger partial charge in [0.2, 0.25) is 5.91 Å². The molecule has 75 heavy (non-hydrogen) atoms. The van der Waals surface area contributed by atoms with Crippen LogP contribution in [0.1, 0.15) is 111 Å². The number of nitrogens with one attached hydrogen (secondary N) is 6. The topological polar surface area (TPSA) is 283 Å². The number of aromatic amines is 4. The number of nitrogen functional groups attached to an aromatic ring is 1. The third-order valence-electron chi connectivity index (χ3n) is 10.1. The molecule has 0 atom stereocenters. The maximum absolute atomic E-state index is 11.7. The van der Waals surface area contributed by atoms with Crippen molar-refractivity contribution < 1.29 is 24.4 Å². The number of rotatable bonds is 15. The Morgan fingerprint density at radius 1 is 0.720 bits per heavy atom. The van der Waals surface area contributed by atoms with Crippen LogP contribution < -0.4 is 21.3 Å². The number of carbonyl (C=O) groups excluding carboxylic acids is 2. The van der Waals surface area contributed by atoms with Gasteiger partial charge in [-0.15, -0.1) is 81.5 Å². The molecule has 0 bridgehead atoms. The average molecular weight is 1160 g/mol. The van der Waals surface area contributed by atoms with Crippen LogP contribution >= 0.6 is 81.5 Å². The standard InChI is InChI=1S/C11H15N3S.C10H11N3O2S.C10H9N3OS.C7H9NO2S.C7H11NS.C4H4N2O.2ClH/c1-8(2)11-10(3-4-15-11)13-6-9-5-12-7-14-9;14-10(15)3-9-8(1-2-16-9)12-5-7-4-11-6-13-7;14-10-3-9-8(1-2-15-9)13(10)5-7-4-11-6-12-7;1-5(2)7-6(8(9)10)3-4-11-7;1-5(2)7-6(8)3-4-9-7;7-2-4-1-5-3-6-4;;/h3-5,7-8,13H,6H2,1-2H3,(H,12,14);1-2,4,6,12H,3,5H2,(H,11,13)(H,14,15);1-2,4,6H,3,5H2,(H,11,12);3-5H,1-2H3;3-5H,8H2,1-2H3;1-3H,(H,5,6);2*1H. The average Bonchev–Trinajstić information content (AvgIpc) is 4.21. The molecule has 10 rings (SSSR count). The number of aldehydes is 1. The number of carbonyl (C=O) groups is 3. The Labute approximate surface area is 466 Å². The van der Waals surface area contributed by atoms with E-state index in [9.17, 15) is 24.5 Å². The Balaban J connectivity index is 0.000000240. The number of carboxylic acids is 1. The van der Waals surface area contributed by atoms with Gasteiger partial charge in [-0.05, 0) is 68.9 Å². The minimum atomic E-state index is -0.813. The highest BCUT2D eigenvalue weighted by molar-refractivity contribution is 7.11. The molecule has 9 N–H and O–H groups in total. The summed E-state index contributed by atoms with van der Waals surface area (Å²) in [5, 5.41) is 35.5. The summed E-state index contributed by atoms with van der Waals surface area (Å²) in [6.07, 6.45) is 14.5. The molecule has 0 radical (unpaired) electrons. The van der Waals surface area contributed by atoms with E-state index in [4.69, 9.17) is 10.8 Å². The quantitative estimate of drug-likeness (QED) is 0.0270. The van der Waals surface area contributed by atoms with Gasteiger partial charge in [0, 0.05) is 61.2 Å². The number of aliphatic carboxylic acids is 1. The van der Waals surface area contributed by atoms with Gasteiger partial charge in [-0.3, -0.25) is 24.5 Å². The van der Waals surface area contributed by atoms with Crippen molar-refractivity contribution in [2.45, 2.75) is 91.8 Å². The van der Waals surface area contributed by atoms with Crippen molar-refractivity contribution in [1.82, 2.24) is 39.9 Å². The first-order valence-electron chi connectivity index (χ1n) is 22.7. The van der Waals surface area contributed by atoms with Crippen molar-refractivity contribution in [3.63, 3.8) is 0 Å². The fourth-order valence-corrected chi connectivity index (χ4v) is 11.0. The Bertz CT molecular complexity index is 2980. The molecule has 0 fully saturated rings. The number of thiophene rings is 5. The summed E-state index contributed by atoms with van der Waals surface area (Å²) < 4.78 is 0. The number of halogens is 2. The van der Waals surface area contributed by atoms with Crippen molar-refractivity contribution in [2.75, 3.05) is 21.3 Å². The highest BCUT2D eigenvalue weighted by Crippen LogP contribution is 2.35. The first kappa shape index (κ1) is 62.6. The largest absolute Gasteiger partial charge is 0.481 e. The summed E-state index contributed by atoms with van der Waals surface area (Å²) in [5.74, 6) is 0.758. The lowest BCUT2D eigenvalue weighted by Crippen LogP contribution is -2.26. The molecule has 0 spiro atoms. The van der Waals surface area contributed by atoms with E-state index in [1.54, 1.807) is 81.7 Å². The van der Waals surface area contributed by atoms with Crippen LogP contribution in [0.3, 0.4) is 0 Å². The summed E-state index contributed by atoms with van der Waals surface area (Å²) in [6.45, 7) is 14.7. The maximum Gasteiger partial charge on any atom is 0.308 e. The van der Waals surface area contributed by atoms with Gasteiger partial charge in [0.1, 0.15) is 0 Å². The Kier molecular flexibility index (Phi) is 27.2. The predicted octanol–water partition coefficient (Wildman–Crippen LogP) is 12.8. The Hall–Kier alpha value is -6.67. The molecule has 19 nitrogen and oxygen atoms in total. The van der Waals surface area contributed by atoms with Crippen LogP contribution in [0.5, 0.6) is 0 Å². The zero-order valence-corrected chi connectivity index (χ0v) is 47.6. The number of aromatic nitrogens is 8. The second-order valence-corrected chi connectivity index (χ2v) is 21.5. The number of nitrogens with two attached hydrogens (primary N) is 1. The molecule has 402 valence electrons. The third kappa shape index (κ3) is 20.2. The second kappa shape index (κ2) is 32.6. The predicted molar refractivity (Wildman–Crippen MR) is 310 cm³/mol. The second-order valence-electron chi connectivity index (χ2n) is 16.6. The summed E-state index contributed by atoms with van der Waals surface area (Å²) in [5.41, 5.74) is 13.6. The van der Waals surface area contributed by atoms with Gasteiger partial charge < -0.3 is 46.3 Å². The van der Waals surface area contributed by atoms with Crippen LogP contribution in [0.15, 0.2) is 107 Å². The van der Waals surface area contributed by atoms with Crippen molar-refractivity contribution >= 4 is 128 Å². The normalized spacial score (nSPS) is 10.9. The zero-order valence-electron chi connectivity index (χ0n) is 41.8. The van der Waals surface area contributed by atoms with Gasteiger partial charge in [-0.25, -0.2) is 19.9 Å². The summed E-state index contributed by atoms with van der Waals surface area (Å²) in [6, 6.07) is 9.54. The number of carboxylic acid groups (broad SMARTS) is 1. The highest BCUT2D eigenvalue weighted by atomic mass is 35.5. The molecule has 26 heteroatoms. The number of hydrogen-bond donors (Lipinski definition) is 8. The van der Waals surface area contributed by atoms with Gasteiger partial charge in [-0.2, -0.15) is 0 Å². The molecule has 9 aromatic heterocycles. The summed E-state index contributed by atoms with van der Waals surface area (Å²) in [4.78, 5) is 76.7. The van der Waals surface area contributed by atoms with Crippen LogP contribution in [0.2, 0.25) is 0 Å². The molecule has 0 unspecified atom stereocenters. The molecular weight excluding hydrogens is 1100 g/mol. The molecule has 0 aliphatic carbocycles. The number of amides is 1. The molecule has 1 aliphatic heterocycles. The van der Waals surface area contributed by atoms with Crippen LogP contribution in [0, 0.1) is 10.1 Å². The number of fused-ring (bicyclic) bond motifs is 1. The van der Waals surface area contributed by atoms with E-state index in [0.29, 0.717) is 43.3 Å². The molecule has 1 aliphatic rings. The third-order valence-corrected chi connectivity index (χ3v) is 15.6. The monoisotopic (exact) mass is 1160 g/mol. The minimum absolute atomic E-state index is 0. The fourth-order valence-electron chi connectivity index (χ4n) is 6.65. The highest BCUT2D eigenvalue weighted by Gasteiger charge is 2.28. The number of nitrogens with zero attached hydrogens (tertiary/aromatic N) is 6. The molecule has 0 aromatic carbocycles. The smallest absolute Gasteiger partial charge is 0.308 e. The fraction of sp³-hybridized carbons (Fsp3) is 0.286. The van der Waals surface area contributed by atoms with Crippen LogP contribution in [0.4, 0.5) is 28.4 Å². The van der Waals surface area contributed by atoms with Crippen molar-refractivity contribution in [3.8, 4) is 0 Å². The van der Waals surface area contributed by atoms with Gasteiger partial charge in [0.25, 0.3) is 5.69 Å². The zero-order chi connectivity index (χ0) is 52.7. The van der Waals surface area contributed by atoms with E-state index in [1.807, 2.05) is 54.4 Å². The number of imidazole rings is 4. The van der Waals surface area contributed by atoms with E-state index in [-0.39, 0.29) is 53.7 Å². The van der Waals surface area contributed by atoms with E-state index >= 15 is 0 Å². The number of hydrogen-bond acceptors (Lipinski definition) is 17. The minimum Gasteiger partial charge on any atom is -0.481 e. The lowest BCUT2D eigenvalue weighted by atomic mass is 10.1. The van der Waals surface area contributed by atoms with E-state index in [1.165, 1.54) is 55.5 Å². The van der Waals surface area contributed by atoms with E-state index < -0.39 is 5.97 Å². The van der Waals surface area contributed by atoms with Crippen LogP contribution in [-0.4, -0.2) is 68.1 Å². The van der Waals surface area contributed by atoms with Gasteiger partial charge in [-0.1, -0.05) is 41.5 Å². The van der Waals surface area contributed by atoms with Crippen LogP contribution in [0.25, 0.3) is 0 Å². The summed E-state index contributed by atoms with van der Waals surface area (Å²) in [7, 11) is 0. The molecule has 0 saturated heterocycles. The molecule has 1 amide bonds. The van der Waals surface area contributed by atoms with Crippen molar-refractivity contribution in [2.24, 2.45) is 0 Å². The number of nitro groups is 1. The van der Waals surface area contributed by atoms with Gasteiger partial charge in [0.15, 0.2) is 6.29 Å². The maximum atomic E-state index is 11.7. The lowest BCUT2D eigenvalue weighted by molar-refractivity contribution is -0.385. The van der Waals surface area contributed by atoms with Crippen LogP contribution in [-0.2, 0) is 42.1 Å². The Morgan fingerprint density at radius 3 is 1.71 bits per heavy atom. The van der Waals surface area contributed by atoms with E-state index in [0.717, 1.165) is 50.4 Å².